The third-order valence-corrected chi connectivity index (χ3v) is 2.54. The lowest BCUT2D eigenvalue weighted by Crippen LogP contribution is -2.38. The largest absolute Gasteiger partial charge is 0.508 e. The van der Waals surface area contributed by atoms with Gasteiger partial charge in [0.05, 0.1) is 13.2 Å². The molecular formula is C10H18N2O9. The minimum atomic E-state index is -1.17. The standard InChI is InChI=1S/C10H18N2O9/c1-4-18-10(13)19-6-5-7(2)9(21-12(16)17)8(3)20-11(14)15/h7-9H,4-6H2,1-3H3/t7?,8-,9-/m1/s1. The topological polar surface area (TPSA) is 140 Å². The molecule has 0 aromatic carbocycles. The van der Waals surface area contributed by atoms with Crippen LogP contribution in [0.15, 0.2) is 0 Å². The van der Waals surface area contributed by atoms with Crippen LogP contribution in [-0.4, -0.2) is 41.8 Å². The Hall–Kier alpha value is -2.33. The fourth-order valence-corrected chi connectivity index (χ4v) is 1.60. The van der Waals surface area contributed by atoms with E-state index in [4.69, 9.17) is 4.74 Å². The summed E-state index contributed by atoms with van der Waals surface area (Å²) < 4.78 is 9.24. The molecule has 0 aliphatic carbocycles. The molecule has 0 saturated carbocycles. The summed E-state index contributed by atoms with van der Waals surface area (Å²) in [4.78, 5) is 40.3. The van der Waals surface area contributed by atoms with Gasteiger partial charge in [0, 0.05) is 0 Å². The molecule has 0 aliphatic heterocycles. The average molecular weight is 310 g/mol. The zero-order valence-corrected chi connectivity index (χ0v) is 11.9. The van der Waals surface area contributed by atoms with Gasteiger partial charge in [-0.2, -0.15) is 0 Å². The number of carbonyl (C=O) groups is 1. The molecule has 11 heteroatoms. The zero-order chi connectivity index (χ0) is 16.4. The number of ether oxygens (including phenoxy) is 2. The summed E-state index contributed by atoms with van der Waals surface area (Å²) in [7, 11) is 0. The molecule has 0 aliphatic rings. The van der Waals surface area contributed by atoms with Gasteiger partial charge >= 0.3 is 6.16 Å². The summed E-state index contributed by atoms with van der Waals surface area (Å²) in [6.07, 6.45) is -2.99. The van der Waals surface area contributed by atoms with Crippen molar-refractivity contribution in [2.45, 2.75) is 39.4 Å². The highest BCUT2D eigenvalue weighted by Crippen LogP contribution is 2.18. The normalized spacial score (nSPS) is 14.4. The van der Waals surface area contributed by atoms with E-state index in [0.717, 1.165) is 0 Å². The number of rotatable bonds is 10. The summed E-state index contributed by atoms with van der Waals surface area (Å²) in [5.41, 5.74) is 0. The van der Waals surface area contributed by atoms with Crippen LogP contribution < -0.4 is 0 Å². The van der Waals surface area contributed by atoms with Crippen LogP contribution in [0.2, 0.25) is 0 Å². The van der Waals surface area contributed by atoms with E-state index in [1.54, 1.807) is 13.8 Å². The first kappa shape index (κ1) is 18.7. The maximum absolute atomic E-state index is 11.0. The molecule has 0 rings (SSSR count). The highest BCUT2D eigenvalue weighted by atomic mass is 17.0. The molecule has 1 unspecified atom stereocenters. The first-order valence-corrected chi connectivity index (χ1v) is 6.19. The number of hydrogen-bond donors (Lipinski definition) is 0. The molecule has 0 saturated heterocycles. The van der Waals surface area contributed by atoms with Gasteiger partial charge in [-0.3, -0.25) is 0 Å². The van der Waals surface area contributed by atoms with E-state index in [9.17, 15) is 25.0 Å². The second-order valence-corrected chi connectivity index (χ2v) is 4.13. The van der Waals surface area contributed by atoms with Crippen molar-refractivity contribution in [3.63, 3.8) is 0 Å². The van der Waals surface area contributed by atoms with Crippen LogP contribution in [-0.2, 0) is 19.1 Å². The van der Waals surface area contributed by atoms with E-state index in [1.165, 1.54) is 6.92 Å². The van der Waals surface area contributed by atoms with Gasteiger partial charge in [-0.25, -0.2) is 4.79 Å². The molecule has 0 heterocycles. The van der Waals surface area contributed by atoms with Crippen molar-refractivity contribution in [2.75, 3.05) is 13.2 Å². The smallest absolute Gasteiger partial charge is 0.435 e. The van der Waals surface area contributed by atoms with Crippen LogP contribution in [0.3, 0.4) is 0 Å². The van der Waals surface area contributed by atoms with E-state index < -0.39 is 34.5 Å². The Labute approximate surface area is 120 Å². The first-order chi connectivity index (χ1) is 9.77. The molecule has 0 aromatic rings. The second-order valence-electron chi connectivity index (χ2n) is 4.13. The zero-order valence-electron chi connectivity index (χ0n) is 11.9. The van der Waals surface area contributed by atoms with Crippen LogP contribution in [0.25, 0.3) is 0 Å². The molecule has 3 atom stereocenters. The Morgan fingerprint density at radius 2 is 1.67 bits per heavy atom. The molecule has 122 valence electrons. The van der Waals surface area contributed by atoms with Crippen molar-refractivity contribution in [1.82, 2.24) is 0 Å². The SMILES string of the molecule is CCOC(=O)OCCC(C)[C@@H](O[N+](=O)[O-])[C@@H](C)O[N+](=O)[O-]. The lowest BCUT2D eigenvalue weighted by Gasteiger charge is -2.25. The fraction of sp³-hybridized carbons (Fsp3) is 0.900. The molecule has 0 radical (unpaired) electrons. The van der Waals surface area contributed by atoms with Gasteiger partial charge in [-0.1, -0.05) is 6.92 Å². The molecule has 0 bridgehead atoms. The summed E-state index contributed by atoms with van der Waals surface area (Å²) >= 11 is 0. The van der Waals surface area contributed by atoms with Crippen LogP contribution in [0.1, 0.15) is 27.2 Å². The Morgan fingerprint density at radius 3 is 2.14 bits per heavy atom. The summed E-state index contributed by atoms with van der Waals surface area (Å²) in [6, 6.07) is 0. The summed E-state index contributed by atoms with van der Waals surface area (Å²) in [5, 5.41) is 18.6. The minimum Gasteiger partial charge on any atom is -0.435 e. The van der Waals surface area contributed by atoms with E-state index in [-0.39, 0.29) is 19.6 Å². The Morgan fingerprint density at radius 1 is 1.10 bits per heavy atom. The maximum atomic E-state index is 11.0. The Balaban J connectivity index is 4.43. The van der Waals surface area contributed by atoms with Gasteiger partial charge in [0.25, 0.3) is 10.2 Å². The highest BCUT2D eigenvalue weighted by Gasteiger charge is 2.30. The minimum absolute atomic E-state index is 0.0667. The van der Waals surface area contributed by atoms with Gasteiger partial charge in [0.1, 0.15) is 12.2 Å². The van der Waals surface area contributed by atoms with Crippen LogP contribution in [0.5, 0.6) is 0 Å². The molecular weight excluding hydrogens is 292 g/mol. The maximum Gasteiger partial charge on any atom is 0.508 e. The van der Waals surface area contributed by atoms with Gasteiger partial charge < -0.3 is 19.1 Å². The van der Waals surface area contributed by atoms with Crippen LogP contribution in [0.4, 0.5) is 4.79 Å². The molecule has 0 amide bonds. The molecule has 11 nitrogen and oxygen atoms in total. The quantitative estimate of drug-likeness (QED) is 0.332. The monoisotopic (exact) mass is 310 g/mol. The third-order valence-electron chi connectivity index (χ3n) is 2.54. The molecule has 0 aromatic heterocycles. The number of carbonyl (C=O) groups excluding carboxylic acids is 1. The second kappa shape index (κ2) is 9.55. The van der Waals surface area contributed by atoms with E-state index >= 15 is 0 Å². The van der Waals surface area contributed by atoms with Crippen molar-refractivity contribution in [1.29, 1.82) is 0 Å². The van der Waals surface area contributed by atoms with Gasteiger partial charge in [0.2, 0.25) is 0 Å². The first-order valence-electron chi connectivity index (χ1n) is 6.19. The van der Waals surface area contributed by atoms with Crippen molar-refractivity contribution >= 4 is 6.16 Å². The van der Waals surface area contributed by atoms with E-state index in [1.807, 2.05) is 0 Å². The van der Waals surface area contributed by atoms with Gasteiger partial charge in [-0.15, -0.1) is 20.2 Å². The van der Waals surface area contributed by atoms with Crippen molar-refractivity contribution in [3.05, 3.63) is 20.2 Å². The van der Waals surface area contributed by atoms with Crippen molar-refractivity contribution in [3.8, 4) is 0 Å². The summed E-state index contributed by atoms with van der Waals surface area (Å²) in [5.74, 6) is -0.528. The fourth-order valence-electron chi connectivity index (χ4n) is 1.60. The molecule has 0 spiro atoms. The Kier molecular flexibility index (Phi) is 8.49. The van der Waals surface area contributed by atoms with Gasteiger partial charge in [0.15, 0.2) is 0 Å². The van der Waals surface area contributed by atoms with E-state index in [2.05, 4.69) is 14.4 Å². The molecule has 0 N–H and O–H groups in total. The predicted molar refractivity (Wildman–Crippen MR) is 66.2 cm³/mol. The molecule has 21 heavy (non-hydrogen) atoms. The lowest BCUT2D eigenvalue weighted by molar-refractivity contribution is -0.799. The molecule has 0 fully saturated rings. The number of hydrogen-bond acceptors (Lipinski definition) is 9. The van der Waals surface area contributed by atoms with Crippen molar-refractivity contribution < 1.29 is 34.1 Å². The van der Waals surface area contributed by atoms with Crippen molar-refractivity contribution in [2.24, 2.45) is 5.92 Å². The highest BCUT2D eigenvalue weighted by molar-refractivity contribution is 5.59. The van der Waals surface area contributed by atoms with Crippen LogP contribution in [0, 0.1) is 26.1 Å². The third kappa shape index (κ3) is 8.44. The number of nitrogens with zero attached hydrogens (tertiary/aromatic N) is 2. The van der Waals surface area contributed by atoms with Crippen LogP contribution >= 0.6 is 0 Å². The predicted octanol–water partition coefficient (Wildman–Crippen LogP) is 1.36. The lowest BCUT2D eigenvalue weighted by atomic mass is 9.97. The Bertz CT molecular complexity index is 362. The van der Waals surface area contributed by atoms with E-state index in [0.29, 0.717) is 0 Å². The average Bonchev–Trinajstić information content (AvgIpc) is 2.34. The van der Waals surface area contributed by atoms with Gasteiger partial charge in [-0.05, 0) is 26.2 Å². The summed E-state index contributed by atoms with van der Waals surface area (Å²) in [6.45, 7) is 4.54.